The number of fused-ring (bicyclic) bond motifs is 1. The molecule has 8 nitrogen and oxygen atoms in total. The number of thiazole rings is 1. The molecule has 0 spiro atoms. The summed E-state index contributed by atoms with van der Waals surface area (Å²) in [6, 6.07) is 1.55. The molecule has 1 amide bonds. The van der Waals surface area contributed by atoms with Crippen LogP contribution in [-0.4, -0.2) is 32.5 Å². The van der Waals surface area contributed by atoms with Gasteiger partial charge in [-0.05, 0) is 13.8 Å². The number of halogens is 1. The number of aromatic nitrogens is 3. The van der Waals surface area contributed by atoms with Gasteiger partial charge in [0.2, 0.25) is 0 Å². The number of aryl methyl sites for hydroxylation is 1. The summed E-state index contributed by atoms with van der Waals surface area (Å²) in [6.45, 7) is 3.14. The Kier molecular flexibility index (Phi) is 4.05. The smallest absolute Gasteiger partial charge is 0.359 e. The lowest BCUT2D eigenvalue weighted by molar-refractivity contribution is -0.123. The zero-order valence-corrected chi connectivity index (χ0v) is 13.6. The summed E-state index contributed by atoms with van der Waals surface area (Å²) in [5.41, 5.74) is 0.0832. The Labute approximate surface area is 139 Å². The van der Waals surface area contributed by atoms with Crippen LogP contribution in [0.2, 0.25) is 5.15 Å². The first-order valence-electron chi connectivity index (χ1n) is 6.52. The van der Waals surface area contributed by atoms with E-state index in [1.807, 2.05) is 0 Å². The van der Waals surface area contributed by atoms with E-state index in [0.29, 0.717) is 10.7 Å². The number of anilines is 1. The van der Waals surface area contributed by atoms with E-state index in [1.54, 1.807) is 24.6 Å². The van der Waals surface area contributed by atoms with E-state index in [4.69, 9.17) is 20.9 Å². The molecule has 0 radical (unpaired) electrons. The lowest BCUT2D eigenvalue weighted by atomic mass is 10.3. The number of rotatable bonds is 4. The van der Waals surface area contributed by atoms with E-state index >= 15 is 0 Å². The Morgan fingerprint density at radius 3 is 3.00 bits per heavy atom. The van der Waals surface area contributed by atoms with Crippen molar-refractivity contribution in [3.63, 3.8) is 0 Å². The first-order valence-corrected chi connectivity index (χ1v) is 7.77. The van der Waals surface area contributed by atoms with E-state index < -0.39 is 18.0 Å². The molecule has 3 aromatic heterocycles. The molecular weight excluding hydrogens is 344 g/mol. The number of carbonyl (C=O) groups excluding carboxylic acids is 2. The molecule has 0 aliphatic rings. The number of amides is 1. The molecule has 0 bridgehead atoms. The number of hydrogen-bond acceptors (Lipinski definition) is 7. The van der Waals surface area contributed by atoms with Gasteiger partial charge in [-0.3, -0.25) is 9.20 Å². The van der Waals surface area contributed by atoms with E-state index in [9.17, 15) is 9.59 Å². The largest absolute Gasteiger partial charge is 0.448 e. The molecule has 23 heavy (non-hydrogen) atoms. The zero-order valence-electron chi connectivity index (χ0n) is 12.1. The third-order valence-electron chi connectivity index (χ3n) is 2.95. The summed E-state index contributed by atoms with van der Waals surface area (Å²) in [6.07, 6.45) is 0.609. The van der Waals surface area contributed by atoms with Crippen LogP contribution in [0.1, 0.15) is 23.2 Å². The molecule has 0 aliphatic carbocycles. The Hall–Kier alpha value is -2.39. The van der Waals surface area contributed by atoms with Gasteiger partial charge < -0.3 is 14.6 Å². The van der Waals surface area contributed by atoms with Crippen molar-refractivity contribution in [1.29, 1.82) is 0 Å². The molecule has 1 atom stereocenters. The molecule has 0 unspecified atom stereocenters. The molecule has 10 heteroatoms. The molecule has 3 rings (SSSR count). The number of ether oxygens (including phenoxy) is 1. The molecule has 0 saturated heterocycles. The number of hydrogen-bond donors (Lipinski definition) is 1. The first kappa shape index (κ1) is 15.5. The number of imidazole rings is 1. The Bertz CT molecular complexity index is 884. The predicted octanol–water partition coefficient (Wildman–Crippen LogP) is 2.53. The minimum atomic E-state index is -1.04. The standard InChI is InChI=1S/C13H11ClN4O4S/c1-6-5-8(17-22-6)15-11(19)7(2)21-12(20)9-10(14)16-13-18(9)3-4-23-13/h3-5,7H,1-2H3,(H,15,17,19)/t7-/m1/s1. The van der Waals surface area contributed by atoms with E-state index in [-0.39, 0.29) is 16.7 Å². The van der Waals surface area contributed by atoms with Crippen LogP contribution in [0, 0.1) is 6.92 Å². The van der Waals surface area contributed by atoms with Crippen molar-refractivity contribution < 1.29 is 18.8 Å². The number of nitrogens with zero attached hydrogens (tertiary/aromatic N) is 3. The molecule has 0 aliphatic heterocycles. The van der Waals surface area contributed by atoms with Crippen molar-refractivity contribution in [2.24, 2.45) is 0 Å². The van der Waals surface area contributed by atoms with Gasteiger partial charge in [-0.2, -0.15) is 0 Å². The highest BCUT2D eigenvalue weighted by molar-refractivity contribution is 7.15. The highest BCUT2D eigenvalue weighted by Crippen LogP contribution is 2.22. The van der Waals surface area contributed by atoms with Gasteiger partial charge in [0.1, 0.15) is 5.76 Å². The molecular formula is C13H11ClN4O4S. The molecule has 0 aromatic carbocycles. The normalized spacial score (nSPS) is 12.3. The molecule has 3 aromatic rings. The topological polar surface area (TPSA) is 98.7 Å². The molecule has 1 N–H and O–H groups in total. The highest BCUT2D eigenvalue weighted by Gasteiger charge is 2.25. The zero-order chi connectivity index (χ0) is 16.6. The minimum absolute atomic E-state index is 0.0292. The second-order valence-electron chi connectivity index (χ2n) is 4.67. The summed E-state index contributed by atoms with van der Waals surface area (Å²) >= 11 is 7.28. The van der Waals surface area contributed by atoms with E-state index in [2.05, 4.69) is 15.5 Å². The number of carbonyl (C=O) groups is 2. The van der Waals surface area contributed by atoms with Crippen molar-refractivity contribution in [2.75, 3.05) is 5.32 Å². The number of esters is 1. The Balaban J connectivity index is 1.70. The van der Waals surface area contributed by atoms with Crippen molar-refractivity contribution in [1.82, 2.24) is 14.5 Å². The van der Waals surface area contributed by atoms with E-state index in [1.165, 1.54) is 22.7 Å². The summed E-state index contributed by atoms with van der Waals surface area (Å²) in [4.78, 5) is 28.8. The maximum atomic E-state index is 12.2. The van der Waals surface area contributed by atoms with Gasteiger partial charge >= 0.3 is 5.97 Å². The minimum Gasteiger partial charge on any atom is -0.448 e. The molecule has 3 heterocycles. The van der Waals surface area contributed by atoms with E-state index in [0.717, 1.165) is 0 Å². The molecule has 0 fully saturated rings. The fourth-order valence-electron chi connectivity index (χ4n) is 1.87. The summed E-state index contributed by atoms with van der Waals surface area (Å²) < 4.78 is 11.5. The Morgan fingerprint density at radius 2 is 2.30 bits per heavy atom. The Morgan fingerprint density at radius 1 is 1.52 bits per heavy atom. The third kappa shape index (κ3) is 3.06. The lowest BCUT2D eigenvalue weighted by Gasteiger charge is -2.11. The van der Waals surface area contributed by atoms with Crippen LogP contribution in [0.25, 0.3) is 4.96 Å². The van der Waals surface area contributed by atoms with Gasteiger partial charge in [0.15, 0.2) is 27.7 Å². The lowest BCUT2D eigenvalue weighted by Crippen LogP contribution is -2.30. The van der Waals surface area contributed by atoms with Gasteiger partial charge in [-0.15, -0.1) is 11.3 Å². The highest BCUT2D eigenvalue weighted by atomic mass is 35.5. The van der Waals surface area contributed by atoms with Crippen LogP contribution in [0.4, 0.5) is 5.82 Å². The predicted molar refractivity (Wildman–Crippen MR) is 82.8 cm³/mol. The van der Waals surface area contributed by atoms with Crippen molar-refractivity contribution in [2.45, 2.75) is 20.0 Å². The van der Waals surface area contributed by atoms with Crippen LogP contribution in [-0.2, 0) is 9.53 Å². The van der Waals surface area contributed by atoms with Crippen LogP contribution < -0.4 is 5.32 Å². The van der Waals surface area contributed by atoms with Crippen molar-refractivity contribution in [3.05, 3.63) is 34.3 Å². The van der Waals surface area contributed by atoms with Gasteiger partial charge in [-0.1, -0.05) is 16.8 Å². The van der Waals surface area contributed by atoms with Crippen LogP contribution >= 0.6 is 22.9 Å². The van der Waals surface area contributed by atoms with Crippen LogP contribution in [0.3, 0.4) is 0 Å². The second kappa shape index (κ2) is 6.01. The summed E-state index contributed by atoms with van der Waals surface area (Å²) in [5, 5.41) is 7.91. The average Bonchev–Trinajstić information content (AvgIpc) is 3.14. The third-order valence-corrected chi connectivity index (χ3v) is 3.97. The quantitative estimate of drug-likeness (QED) is 0.723. The van der Waals surface area contributed by atoms with Gasteiger partial charge in [0.05, 0.1) is 0 Å². The monoisotopic (exact) mass is 354 g/mol. The fourth-order valence-corrected chi connectivity index (χ4v) is 2.88. The first-order chi connectivity index (χ1) is 11.0. The average molecular weight is 355 g/mol. The molecule has 0 saturated carbocycles. The maximum absolute atomic E-state index is 12.2. The van der Waals surface area contributed by atoms with Crippen molar-refractivity contribution in [3.8, 4) is 0 Å². The van der Waals surface area contributed by atoms with Gasteiger partial charge in [0.25, 0.3) is 5.91 Å². The van der Waals surface area contributed by atoms with Crippen LogP contribution in [0.15, 0.2) is 22.2 Å². The SMILES string of the molecule is Cc1cc(NC(=O)[C@@H](C)OC(=O)c2c(Cl)nc3sccn23)no1. The fraction of sp³-hybridized carbons (Fsp3) is 0.231. The number of nitrogens with one attached hydrogen (secondary N) is 1. The van der Waals surface area contributed by atoms with Gasteiger partial charge in [-0.25, -0.2) is 9.78 Å². The summed E-state index contributed by atoms with van der Waals surface area (Å²) in [7, 11) is 0. The van der Waals surface area contributed by atoms with Gasteiger partial charge in [0, 0.05) is 17.6 Å². The molecule has 120 valence electrons. The summed E-state index contributed by atoms with van der Waals surface area (Å²) in [5.74, 6) is -0.470. The second-order valence-corrected chi connectivity index (χ2v) is 5.90. The van der Waals surface area contributed by atoms with Crippen molar-refractivity contribution >= 4 is 45.6 Å². The van der Waals surface area contributed by atoms with Crippen LogP contribution in [0.5, 0.6) is 0 Å². The maximum Gasteiger partial charge on any atom is 0.359 e.